The minimum Gasteiger partial charge on any atom is -0.484 e. The topological polar surface area (TPSA) is 148 Å². The van der Waals surface area contributed by atoms with Crippen LogP contribution in [0.3, 0.4) is 0 Å². The maximum atomic E-state index is 12.3. The normalized spacial score (nSPS) is 16.4. The van der Waals surface area contributed by atoms with E-state index in [1.165, 1.54) is 31.3 Å². The third-order valence-electron chi connectivity index (χ3n) is 5.51. The predicted molar refractivity (Wildman–Crippen MR) is 123 cm³/mol. The van der Waals surface area contributed by atoms with Gasteiger partial charge in [-0.25, -0.2) is 13.1 Å². The number of piperidine rings is 1. The van der Waals surface area contributed by atoms with Crippen molar-refractivity contribution in [3.63, 3.8) is 0 Å². The molecule has 0 radical (unpaired) electrons. The number of carbonyl (C=O) groups is 3. The van der Waals surface area contributed by atoms with E-state index in [4.69, 9.17) is 4.74 Å². The minimum absolute atomic E-state index is 0.0883. The third-order valence-corrected chi connectivity index (χ3v) is 6.94. The Kier molecular flexibility index (Phi) is 6.35. The highest BCUT2D eigenvalue weighted by molar-refractivity contribution is 7.89. The van der Waals surface area contributed by atoms with Gasteiger partial charge in [-0.2, -0.15) is 5.10 Å². The smallest absolute Gasteiger partial charge is 0.262 e. The number of hydrogen-bond donors (Lipinski definition) is 3. The van der Waals surface area contributed by atoms with Crippen LogP contribution in [-0.4, -0.2) is 49.6 Å². The molecule has 1 atom stereocenters. The van der Waals surface area contributed by atoms with Gasteiger partial charge in [0.15, 0.2) is 6.61 Å². The molecule has 1 aromatic heterocycles. The van der Waals surface area contributed by atoms with Gasteiger partial charge in [-0.05, 0) is 49.9 Å². The fourth-order valence-electron chi connectivity index (χ4n) is 3.75. The fraction of sp³-hybridized carbons (Fsp3) is 0.273. The molecule has 3 aromatic rings. The van der Waals surface area contributed by atoms with Gasteiger partial charge in [0.2, 0.25) is 21.8 Å². The molecular weight excluding hydrogens is 462 g/mol. The van der Waals surface area contributed by atoms with Crippen molar-refractivity contribution in [3.8, 4) is 5.75 Å². The van der Waals surface area contributed by atoms with Crippen LogP contribution in [0.2, 0.25) is 0 Å². The zero-order chi connectivity index (χ0) is 24.5. The maximum Gasteiger partial charge on any atom is 0.262 e. The lowest BCUT2D eigenvalue weighted by molar-refractivity contribution is -0.134. The van der Waals surface area contributed by atoms with Crippen molar-refractivity contribution < 1.29 is 27.5 Å². The Morgan fingerprint density at radius 1 is 1.21 bits per heavy atom. The molecule has 1 saturated heterocycles. The molecule has 12 heteroatoms. The number of benzene rings is 2. The van der Waals surface area contributed by atoms with Crippen LogP contribution in [0.1, 0.15) is 24.5 Å². The molecule has 0 aliphatic carbocycles. The van der Waals surface area contributed by atoms with Gasteiger partial charge >= 0.3 is 0 Å². The molecule has 0 saturated carbocycles. The number of nitrogens with one attached hydrogen (secondary N) is 3. The monoisotopic (exact) mass is 485 g/mol. The van der Waals surface area contributed by atoms with Crippen LogP contribution in [0.5, 0.6) is 5.75 Å². The number of nitrogens with zero attached hydrogens (tertiary/aromatic N) is 2. The van der Waals surface area contributed by atoms with Crippen LogP contribution in [-0.2, 0) is 31.5 Å². The number of ether oxygens (including phenoxy) is 1. The van der Waals surface area contributed by atoms with Gasteiger partial charge < -0.3 is 10.1 Å². The number of fused-ring (bicyclic) bond motifs is 1. The average Bonchev–Trinajstić information content (AvgIpc) is 3.13. The molecule has 1 aliphatic heterocycles. The van der Waals surface area contributed by atoms with Gasteiger partial charge in [0.1, 0.15) is 5.75 Å². The number of imide groups is 1. The van der Waals surface area contributed by atoms with Crippen molar-refractivity contribution in [3.05, 3.63) is 48.2 Å². The van der Waals surface area contributed by atoms with E-state index in [1.807, 2.05) is 0 Å². The highest BCUT2D eigenvalue weighted by atomic mass is 32.2. The molecule has 1 aliphatic rings. The van der Waals surface area contributed by atoms with Gasteiger partial charge in [-0.3, -0.25) is 24.4 Å². The van der Waals surface area contributed by atoms with Crippen LogP contribution < -0.4 is 20.1 Å². The van der Waals surface area contributed by atoms with E-state index in [1.54, 1.807) is 29.9 Å². The van der Waals surface area contributed by atoms with E-state index in [0.717, 1.165) is 10.9 Å². The molecule has 2 heterocycles. The number of hydrogen-bond acceptors (Lipinski definition) is 7. The van der Waals surface area contributed by atoms with Crippen molar-refractivity contribution in [2.75, 3.05) is 19.0 Å². The lowest BCUT2D eigenvalue weighted by Crippen LogP contribution is -2.39. The van der Waals surface area contributed by atoms with E-state index in [9.17, 15) is 22.8 Å². The van der Waals surface area contributed by atoms with Crippen LogP contribution >= 0.6 is 0 Å². The van der Waals surface area contributed by atoms with Gasteiger partial charge in [0.05, 0.1) is 22.0 Å². The van der Waals surface area contributed by atoms with E-state index in [0.29, 0.717) is 23.6 Å². The lowest BCUT2D eigenvalue weighted by atomic mass is 9.93. The quantitative estimate of drug-likeness (QED) is 0.423. The number of anilines is 1. The molecule has 0 bridgehead atoms. The first-order chi connectivity index (χ1) is 16.2. The molecule has 3 amide bonds. The second kappa shape index (κ2) is 9.23. The van der Waals surface area contributed by atoms with Gasteiger partial charge in [-0.15, -0.1) is 0 Å². The van der Waals surface area contributed by atoms with Gasteiger partial charge in [0.25, 0.3) is 5.91 Å². The predicted octanol–water partition coefficient (Wildman–Crippen LogP) is 1.02. The number of rotatable bonds is 7. The maximum absolute atomic E-state index is 12.3. The van der Waals surface area contributed by atoms with E-state index in [2.05, 4.69) is 20.5 Å². The second-order valence-corrected chi connectivity index (χ2v) is 9.65. The highest BCUT2D eigenvalue weighted by Crippen LogP contribution is 2.31. The Morgan fingerprint density at radius 2 is 1.94 bits per heavy atom. The van der Waals surface area contributed by atoms with Crippen LogP contribution in [0, 0.1) is 0 Å². The van der Waals surface area contributed by atoms with Crippen molar-refractivity contribution in [2.24, 2.45) is 7.05 Å². The fourth-order valence-corrected chi connectivity index (χ4v) is 4.48. The number of aryl methyl sites for hydroxylation is 1. The number of sulfonamides is 1. The van der Waals surface area contributed by atoms with Crippen molar-refractivity contribution >= 4 is 44.3 Å². The molecule has 2 aromatic carbocycles. The minimum atomic E-state index is -3.55. The first kappa shape index (κ1) is 23.4. The SMILES string of the molecule is CNS(=O)(=O)c1ccc(NC(=O)COc2ccc3c(C4CCC(=O)NC4=O)nn(C)c3c2)cc1. The Balaban J connectivity index is 1.42. The Bertz CT molecular complexity index is 1380. The highest BCUT2D eigenvalue weighted by Gasteiger charge is 2.31. The summed E-state index contributed by atoms with van der Waals surface area (Å²) >= 11 is 0. The molecule has 178 valence electrons. The molecule has 1 unspecified atom stereocenters. The van der Waals surface area contributed by atoms with Crippen LogP contribution in [0.4, 0.5) is 5.69 Å². The number of carbonyl (C=O) groups excluding carboxylic acids is 3. The zero-order valence-corrected chi connectivity index (χ0v) is 19.3. The second-order valence-electron chi connectivity index (χ2n) is 7.76. The van der Waals surface area contributed by atoms with Crippen LogP contribution in [0.15, 0.2) is 47.4 Å². The third kappa shape index (κ3) is 4.77. The molecule has 3 N–H and O–H groups in total. The summed E-state index contributed by atoms with van der Waals surface area (Å²) in [5, 5.41) is 10.2. The van der Waals surface area contributed by atoms with E-state index >= 15 is 0 Å². The Labute approximate surface area is 195 Å². The molecule has 11 nitrogen and oxygen atoms in total. The summed E-state index contributed by atoms with van der Waals surface area (Å²) in [6.07, 6.45) is 0.663. The molecule has 34 heavy (non-hydrogen) atoms. The van der Waals surface area contributed by atoms with Crippen molar-refractivity contribution in [1.82, 2.24) is 19.8 Å². The Hall–Kier alpha value is -3.77. The molecular formula is C22H23N5O6S. The summed E-state index contributed by atoms with van der Waals surface area (Å²) in [7, 11) is -0.491. The first-order valence-electron chi connectivity index (χ1n) is 10.4. The molecule has 4 rings (SSSR count). The van der Waals surface area contributed by atoms with Gasteiger partial charge in [0, 0.05) is 30.6 Å². The summed E-state index contributed by atoms with van der Waals surface area (Å²) in [5.41, 5.74) is 1.74. The van der Waals surface area contributed by atoms with E-state index in [-0.39, 0.29) is 29.7 Å². The first-order valence-corrected chi connectivity index (χ1v) is 11.9. The number of aromatic nitrogens is 2. The van der Waals surface area contributed by atoms with Gasteiger partial charge in [-0.1, -0.05) is 0 Å². The standard InChI is InChI=1S/C22H23N5O6S/c1-23-34(31,32)15-6-3-13(4-7-15)24-20(29)12-33-14-5-8-16-18(11-14)27(2)26-21(16)17-9-10-19(28)25-22(17)30/h3-8,11,17,23H,9-10,12H2,1-2H3,(H,24,29)(H,25,28,30). The summed E-state index contributed by atoms with van der Waals surface area (Å²) in [6.45, 7) is -0.264. The number of amides is 3. The Morgan fingerprint density at radius 3 is 2.62 bits per heavy atom. The summed E-state index contributed by atoms with van der Waals surface area (Å²) < 4.78 is 33.0. The lowest BCUT2D eigenvalue weighted by Gasteiger charge is -2.19. The van der Waals surface area contributed by atoms with E-state index < -0.39 is 21.8 Å². The zero-order valence-electron chi connectivity index (χ0n) is 18.5. The summed E-state index contributed by atoms with van der Waals surface area (Å²) in [6, 6.07) is 10.9. The summed E-state index contributed by atoms with van der Waals surface area (Å²) in [5.74, 6) is -1.12. The summed E-state index contributed by atoms with van der Waals surface area (Å²) in [4.78, 5) is 36.1. The largest absolute Gasteiger partial charge is 0.484 e. The van der Waals surface area contributed by atoms with Crippen molar-refractivity contribution in [2.45, 2.75) is 23.7 Å². The average molecular weight is 486 g/mol. The van der Waals surface area contributed by atoms with Crippen molar-refractivity contribution in [1.29, 1.82) is 0 Å². The van der Waals surface area contributed by atoms with Crippen LogP contribution in [0.25, 0.3) is 10.9 Å². The molecule has 1 fully saturated rings. The molecule has 0 spiro atoms.